The SMILES string of the molecule is CN(C)c1noc2c(F)ccc(Br)c12. The van der Waals surface area contributed by atoms with Gasteiger partial charge in [0, 0.05) is 18.6 Å². The molecule has 1 aromatic heterocycles. The minimum Gasteiger partial charge on any atom is -0.359 e. The fraction of sp³-hybridized carbons (Fsp3) is 0.222. The summed E-state index contributed by atoms with van der Waals surface area (Å²) in [6, 6.07) is 2.99. The average Bonchev–Trinajstić information content (AvgIpc) is 2.56. The molecule has 0 saturated heterocycles. The van der Waals surface area contributed by atoms with Crippen molar-refractivity contribution in [2.45, 2.75) is 0 Å². The lowest BCUT2D eigenvalue weighted by Crippen LogP contribution is -2.09. The number of hydrogen-bond acceptors (Lipinski definition) is 3. The van der Waals surface area contributed by atoms with Crippen LogP contribution in [0.25, 0.3) is 11.0 Å². The second-order valence-electron chi connectivity index (χ2n) is 3.13. The highest BCUT2D eigenvalue weighted by molar-refractivity contribution is 9.10. The number of hydrogen-bond donors (Lipinski definition) is 0. The Morgan fingerprint density at radius 3 is 2.79 bits per heavy atom. The van der Waals surface area contributed by atoms with Crippen molar-refractivity contribution in [1.29, 1.82) is 0 Å². The van der Waals surface area contributed by atoms with E-state index in [0.29, 0.717) is 11.2 Å². The van der Waals surface area contributed by atoms with Crippen LogP contribution >= 0.6 is 15.9 Å². The lowest BCUT2D eigenvalue weighted by Gasteiger charge is -2.07. The van der Waals surface area contributed by atoms with E-state index in [1.54, 1.807) is 11.0 Å². The summed E-state index contributed by atoms with van der Waals surface area (Å²) in [6.45, 7) is 0. The summed E-state index contributed by atoms with van der Waals surface area (Å²) >= 11 is 3.34. The summed E-state index contributed by atoms with van der Waals surface area (Å²) in [5, 5.41) is 4.46. The Bertz CT molecular complexity index is 481. The maximum atomic E-state index is 13.3. The van der Waals surface area contributed by atoms with Crippen LogP contribution in [0.5, 0.6) is 0 Å². The molecule has 0 fully saturated rings. The van der Waals surface area contributed by atoms with Gasteiger partial charge in [0.15, 0.2) is 11.6 Å². The molecule has 1 aromatic carbocycles. The zero-order valence-electron chi connectivity index (χ0n) is 7.71. The van der Waals surface area contributed by atoms with Crippen LogP contribution in [-0.2, 0) is 0 Å². The highest BCUT2D eigenvalue weighted by atomic mass is 79.9. The number of fused-ring (bicyclic) bond motifs is 1. The van der Waals surface area contributed by atoms with Gasteiger partial charge in [0.05, 0.1) is 5.39 Å². The maximum Gasteiger partial charge on any atom is 0.205 e. The first-order chi connectivity index (χ1) is 6.61. The molecule has 2 aromatic rings. The molecule has 0 amide bonds. The van der Waals surface area contributed by atoms with E-state index in [9.17, 15) is 4.39 Å². The van der Waals surface area contributed by atoms with Gasteiger partial charge in [-0.05, 0) is 28.1 Å². The molecular weight excluding hydrogens is 251 g/mol. The third kappa shape index (κ3) is 1.28. The molecule has 1 heterocycles. The molecule has 0 aliphatic rings. The third-order valence-electron chi connectivity index (χ3n) is 1.93. The molecule has 0 saturated carbocycles. The first-order valence-electron chi connectivity index (χ1n) is 4.02. The molecular formula is C9H8BrFN2O. The summed E-state index contributed by atoms with van der Waals surface area (Å²) in [4.78, 5) is 1.77. The zero-order valence-corrected chi connectivity index (χ0v) is 9.30. The second-order valence-corrected chi connectivity index (χ2v) is 3.99. The van der Waals surface area contributed by atoms with E-state index in [1.807, 2.05) is 14.1 Å². The predicted molar refractivity (Wildman–Crippen MR) is 56.0 cm³/mol. The molecule has 0 spiro atoms. The fourth-order valence-electron chi connectivity index (χ4n) is 1.27. The van der Waals surface area contributed by atoms with Crippen molar-refractivity contribution in [3.05, 3.63) is 22.4 Å². The highest BCUT2D eigenvalue weighted by Gasteiger charge is 2.16. The van der Waals surface area contributed by atoms with Gasteiger partial charge in [-0.1, -0.05) is 5.16 Å². The van der Waals surface area contributed by atoms with E-state index in [1.165, 1.54) is 6.07 Å². The van der Waals surface area contributed by atoms with Crippen LogP contribution in [0, 0.1) is 5.82 Å². The van der Waals surface area contributed by atoms with Gasteiger partial charge in [-0.3, -0.25) is 0 Å². The average molecular weight is 259 g/mol. The van der Waals surface area contributed by atoms with Crippen molar-refractivity contribution in [3.63, 3.8) is 0 Å². The first kappa shape index (κ1) is 9.45. The van der Waals surface area contributed by atoms with Crippen LogP contribution in [0.4, 0.5) is 10.2 Å². The molecule has 2 rings (SSSR count). The van der Waals surface area contributed by atoms with Crippen molar-refractivity contribution >= 4 is 32.7 Å². The lowest BCUT2D eigenvalue weighted by molar-refractivity contribution is 0.441. The first-order valence-corrected chi connectivity index (χ1v) is 4.81. The number of rotatable bonds is 1. The Hall–Kier alpha value is -1.10. The second kappa shape index (κ2) is 3.24. The summed E-state index contributed by atoms with van der Waals surface area (Å²) in [6.07, 6.45) is 0. The van der Waals surface area contributed by atoms with Crippen LogP contribution in [0.15, 0.2) is 21.1 Å². The van der Waals surface area contributed by atoms with Gasteiger partial charge >= 0.3 is 0 Å². The van der Waals surface area contributed by atoms with Crippen LogP contribution in [0.1, 0.15) is 0 Å². The van der Waals surface area contributed by atoms with Crippen molar-refractivity contribution in [3.8, 4) is 0 Å². The molecule has 0 N–H and O–H groups in total. The van der Waals surface area contributed by atoms with Crippen molar-refractivity contribution in [2.24, 2.45) is 0 Å². The number of aromatic nitrogens is 1. The quantitative estimate of drug-likeness (QED) is 0.788. The van der Waals surface area contributed by atoms with Gasteiger partial charge in [-0.25, -0.2) is 4.39 Å². The van der Waals surface area contributed by atoms with E-state index in [4.69, 9.17) is 4.52 Å². The lowest BCUT2D eigenvalue weighted by atomic mass is 10.2. The maximum absolute atomic E-state index is 13.3. The predicted octanol–water partition coefficient (Wildman–Crippen LogP) is 2.80. The monoisotopic (exact) mass is 258 g/mol. The van der Waals surface area contributed by atoms with E-state index in [2.05, 4.69) is 21.1 Å². The molecule has 0 aliphatic carbocycles. The topological polar surface area (TPSA) is 29.3 Å². The van der Waals surface area contributed by atoms with Crippen LogP contribution in [0.3, 0.4) is 0 Å². The number of benzene rings is 1. The molecule has 3 nitrogen and oxygen atoms in total. The standard InChI is InChI=1S/C9H8BrFN2O/c1-13(2)9-7-5(10)3-4-6(11)8(7)14-12-9/h3-4H,1-2H3. The highest BCUT2D eigenvalue weighted by Crippen LogP contribution is 2.33. The van der Waals surface area contributed by atoms with E-state index >= 15 is 0 Å². The van der Waals surface area contributed by atoms with Gasteiger partial charge in [0.2, 0.25) is 5.58 Å². The number of nitrogens with zero attached hydrogens (tertiary/aromatic N) is 2. The Balaban J connectivity index is 2.84. The van der Waals surface area contributed by atoms with E-state index in [0.717, 1.165) is 4.47 Å². The fourth-order valence-corrected chi connectivity index (χ4v) is 1.76. The Morgan fingerprint density at radius 1 is 1.43 bits per heavy atom. The van der Waals surface area contributed by atoms with Gasteiger partial charge in [0.25, 0.3) is 0 Å². The normalized spacial score (nSPS) is 10.9. The Labute approximate surface area is 88.6 Å². The van der Waals surface area contributed by atoms with Crippen molar-refractivity contribution < 1.29 is 8.91 Å². The largest absolute Gasteiger partial charge is 0.359 e. The molecule has 74 valence electrons. The van der Waals surface area contributed by atoms with E-state index < -0.39 is 5.82 Å². The Kier molecular flexibility index (Phi) is 2.19. The molecule has 0 radical (unpaired) electrons. The van der Waals surface area contributed by atoms with Crippen molar-refractivity contribution in [1.82, 2.24) is 5.16 Å². The molecule has 0 bridgehead atoms. The molecule has 5 heteroatoms. The van der Waals surface area contributed by atoms with Gasteiger partial charge < -0.3 is 9.42 Å². The van der Waals surface area contributed by atoms with Gasteiger partial charge in [0.1, 0.15) is 0 Å². The van der Waals surface area contributed by atoms with E-state index in [-0.39, 0.29) is 5.58 Å². The smallest absolute Gasteiger partial charge is 0.205 e. The molecule has 14 heavy (non-hydrogen) atoms. The van der Waals surface area contributed by atoms with Gasteiger partial charge in [-0.15, -0.1) is 0 Å². The molecule has 0 unspecified atom stereocenters. The summed E-state index contributed by atoms with van der Waals surface area (Å²) in [7, 11) is 3.66. The zero-order chi connectivity index (χ0) is 10.3. The molecule has 0 atom stereocenters. The third-order valence-corrected chi connectivity index (χ3v) is 2.59. The number of halogens is 2. The van der Waals surface area contributed by atoms with Gasteiger partial charge in [-0.2, -0.15) is 0 Å². The minimum absolute atomic E-state index is 0.183. The van der Waals surface area contributed by atoms with Crippen molar-refractivity contribution in [2.75, 3.05) is 19.0 Å². The van der Waals surface area contributed by atoms with Crippen LogP contribution < -0.4 is 4.90 Å². The summed E-state index contributed by atoms with van der Waals surface area (Å²) in [5.74, 6) is 0.218. The van der Waals surface area contributed by atoms with Crippen LogP contribution in [0.2, 0.25) is 0 Å². The van der Waals surface area contributed by atoms with Crippen LogP contribution in [-0.4, -0.2) is 19.3 Å². The number of anilines is 1. The summed E-state index contributed by atoms with van der Waals surface area (Å²) in [5.41, 5.74) is 0.183. The minimum atomic E-state index is -0.399. The summed E-state index contributed by atoms with van der Waals surface area (Å²) < 4.78 is 19.0. The Morgan fingerprint density at radius 2 is 2.14 bits per heavy atom. The molecule has 0 aliphatic heterocycles.